The number of methoxy groups -OCH3 is 1. The second-order valence-electron chi connectivity index (χ2n) is 5.46. The van der Waals surface area contributed by atoms with Gasteiger partial charge in [-0.1, -0.05) is 0 Å². The van der Waals surface area contributed by atoms with E-state index in [4.69, 9.17) is 4.74 Å². The number of rotatable bonds is 5. The minimum Gasteiger partial charge on any atom is -0.383 e. The van der Waals surface area contributed by atoms with E-state index in [1.165, 1.54) is 0 Å². The highest BCUT2D eigenvalue weighted by Gasteiger charge is 2.36. The number of carbonyl (C=O) groups excluding carboxylic acids is 1. The topological polar surface area (TPSA) is 59.4 Å². The van der Waals surface area contributed by atoms with Gasteiger partial charge in [-0.15, -0.1) is 0 Å². The van der Waals surface area contributed by atoms with Crippen molar-refractivity contribution >= 4 is 5.91 Å². The molecular weight excluding hydrogens is 256 g/mol. The maximum absolute atomic E-state index is 12.6. The van der Waals surface area contributed by atoms with Crippen molar-refractivity contribution in [1.82, 2.24) is 19.8 Å². The summed E-state index contributed by atoms with van der Waals surface area (Å²) in [4.78, 5) is 19.2. The first-order valence-corrected chi connectivity index (χ1v) is 7.08. The summed E-state index contributed by atoms with van der Waals surface area (Å²) in [6.07, 6.45) is 2.69. The van der Waals surface area contributed by atoms with Crippen LogP contribution in [-0.2, 0) is 23.0 Å². The van der Waals surface area contributed by atoms with Gasteiger partial charge in [0.1, 0.15) is 6.04 Å². The molecule has 1 unspecified atom stereocenters. The highest BCUT2D eigenvalue weighted by Crippen LogP contribution is 2.30. The molecule has 1 atom stereocenters. The van der Waals surface area contributed by atoms with Crippen molar-refractivity contribution in [1.29, 1.82) is 0 Å². The number of carbonyl (C=O) groups is 1. The van der Waals surface area contributed by atoms with Crippen molar-refractivity contribution in [3.8, 4) is 0 Å². The van der Waals surface area contributed by atoms with Crippen LogP contribution in [0.1, 0.15) is 31.3 Å². The highest BCUT2D eigenvalue weighted by atomic mass is 16.5. The normalized spacial score (nSPS) is 19.1. The number of ether oxygens (including phenoxy) is 1. The molecule has 20 heavy (non-hydrogen) atoms. The number of imidazole rings is 1. The number of amides is 1. The number of aryl methyl sites for hydroxylation is 1. The summed E-state index contributed by atoms with van der Waals surface area (Å²) in [5, 5.41) is 2.95. The van der Waals surface area contributed by atoms with Crippen LogP contribution in [0.4, 0.5) is 0 Å². The molecular formula is C14H24N4O2. The lowest BCUT2D eigenvalue weighted by Crippen LogP contribution is -2.48. The SMILES string of the molecule is COCCNC(=O)C1c2c(ncn2C)CCN1C(C)C. The lowest BCUT2D eigenvalue weighted by molar-refractivity contribution is -0.128. The average molecular weight is 280 g/mol. The summed E-state index contributed by atoms with van der Waals surface area (Å²) in [7, 11) is 3.58. The Morgan fingerprint density at radius 3 is 3.00 bits per heavy atom. The molecule has 0 aromatic carbocycles. The number of nitrogens with zero attached hydrogens (tertiary/aromatic N) is 3. The van der Waals surface area contributed by atoms with Crippen LogP contribution in [0.25, 0.3) is 0 Å². The number of fused-ring (bicyclic) bond motifs is 1. The second kappa shape index (κ2) is 6.37. The van der Waals surface area contributed by atoms with Gasteiger partial charge in [0, 0.05) is 39.7 Å². The zero-order valence-electron chi connectivity index (χ0n) is 12.7. The van der Waals surface area contributed by atoms with E-state index in [2.05, 4.69) is 29.0 Å². The number of nitrogens with one attached hydrogen (secondary N) is 1. The highest BCUT2D eigenvalue weighted by molar-refractivity contribution is 5.83. The molecule has 2 heterocycles. The first kappa shape index (κ1) is 15.0. The van der Waals surface area contributed by atoms with Crippen LogP contribution in [0.3, 0.4) is 0 Å². The molecule has 1 aromatic rings. The Labute approximate surface area is 120 Å². The van der Waals surface area contributed by atoms with Crippen molar-refractivity contribution in [2.45, 2.75) is 32.4 Å². The summed E-state index contributed by atoms with van der Waals surface area (Å²) >= 11 is 0. The van der Waals surface area contributed by atoms with Gasteiger partial charge >= 0.3 is 0 Å². The van der Waals surface area contributed by atoms with Gasteiger partial charge in [0.25, 0.3) is 0 Å². The van der Waals surface area contributed by atoms with E-state index in [0.29, 0.717) is 19.2 Å². The van der Waals surface area contributed by atoms with Crippen molar-refractivity contribution < 1.29 is 9.53 Å². The van der Waals surface area contributed by atoms with Crippen LogP contribution < -0.4 is 5.32 Å². The molecule has 0 fully saturated rings. The Kier molecular flexibility index (Phi) is 4.77. The van der Waals surface area contributed by atoms with E-state index in [0.717, 1.165) is 24.4 Å². The van der Waals surface area contributed by atoms with E-state index in [1.807, 2.05) is 11.6 Å². The Morgan fingerprint density at radius 1 is 1.60 bits per heavy atom. The summed E-state index contributed by atoms with van der Waals surface area (Å²) in [5.41, 5.74) is 2.05. The average Bonchev–Trinajstić information content (AvgIpc) is 2.79. The van der Waals surface area contributed by atoms with E-state index in [1.54, 1.807) is 13.4 Å². The van der Waals surface area contributed by atoms with Gasteiger partial charge in [-0.05, 0) is 13.8 Å². The minimum absolute atomic E-state index is 0.0281. The Bertz CT molecular complexity index is 470. The smallest absolute Gasteiger partial charge is 0.243 e. The molecule has 0 radical (unpaired) electrons. The monoisotopic (exact) mass is 280 g/mol. The van der Waals surface area contributed by atoms with Gasteiger partial charge in [-0.3, -0.25) is 9.69 Å². The van der Waals surface area contributed by atoms with Crippen LogP contribution in [0.2, 0.25) is 0 Å². The first-order chi connectivity index (χ1) is 9.56. The molecule has 2 rings (SSSR count). The maximum atomic E-state index is 12.6. The molecule has 112 valence electrons. The van der Waals surface area contributed by atoms with Crippen molar-refractivity contribution in [3.63, 3.8) is 0 Å². The Morgan fingerprint density at radius 2 is 2.35 bits per heavy atom. The van der Waals surface area contributed by atoms with Crippen LogP contribution in [0.5, 0.6) is 0 Å². The third-order valence-electron chi connectivity index (χ3n) is 3.78. The molecule has 0 aliphatic carbocycles. The summed E-state index contributed by atoms with van der Waals surface area (Å²) in [6.45, 7) is 6.17. The maximum Gasteiger partial charge on any atom is 0.243 e. The molecule has 0 saturated carbocycles. The predicted octanol–water partition coefficient (Wildman–Crippen LogP) is 0.490. The number of hydrogen-bond acceptors (Lipinski definition) is 4. The van der Waals surface area contributed by atoms with E-state index < -0.39 is 0 Å². The molecule has 0 spiro atoms. The Hall–Kier alpha value is -1.40. The number of hydrogen-bond donors (Lipinski definition) is 1. The lowest BCUT2D eigenvalue weighted by Gasteiger charge is -2.37. The van der Waals surface area contributed by atoms with Crippen molar-refractivity contribution in [3.05, 3.63) is 17.7 Å². The van der Waals surface area contributed by atoms with Gasteiger partial charge in [-0.25, -0.2) is 4.98 Å². The zero-order valence-corrected chi connectivity index (χ0v) is 12.7. The molecule has 1 aliphatic heterocycles. The fraction of sp³-hybridized carbons (Fsp3) is 0.714. The van der Waals surface area contributed by atoms with Gasteiger partial charge in [-0.2, -0.15) is 0 Å². The van der Waals surface area contributed by atoms with Crippen molar-refractivity contribution in [2.24, 2.45) is 7.05 Å². The third-order valence-corrected chi connectivity index (χ3v) is 3.78. The minimum atomic E-state index is -0.261. The zero-order chi connectivity index (χ0) is 14.7. The van der Waals surface area contributed by atoms with E-state index in [-0.39, 0.29) is 11.9 Å². The number of aromatic nitrogens is 2. The lowest BCUT2D eigenvalue weighted by atomic mass is 10.00. The van der Waals surface area contributed by atoms with Gasteiger partial charge in [0.15, 0.2) is 0 Å². The summed E-state index contributed by atoms with van der Waals surface area (Å²) in [6, 6.07) is 0.0549. The Balaban J connectivity index is 2.24. The van der Waals surface area contributed by atoms with Crippen LogP contribution in [0.15, 0.2) is 6.33 Å². The predicted molar refractivity (Wildman–Crippen MR) is 76.4 cm³/mol. The van der Waals surface area contributed by atoms with Crippen LogP contribution >= 0.6 is 0 Å². The first-order valence-electron chi connectivity index (χ1n) is 7.08. The molecule has 1 N–H and O–H groups in total. The molecule has 1 aliphatic rings. The van der Waals surface area contributed by atoms with Crippen molar-refractivity contribution in [2.75, 3.05) is 26.8 Å². The molecule has 6 heteroatoms. The molecule has 0 bridgehead atoms. The standard InChI is InChI=1S/C14H24N4O2/c1-10(2)18-7-5-11-12(17(3)9-16-11)13(18)14(19)15-6-8-20-4/h9-10,13H,5-8H2,1-4H3,(H,15,19). The van der Waals surface area contributed by atoms with Crippen LogP contribution in [-0.4, -0.2) is 53.2 Å². The quantitative estimate of drug-likeness (QED) is 0.798. The van der Waals surface area contributed by atoms with Crippen LogP contribution in [0, 0.1) is 0 Å². The fourth-order valence-electron chi connectivity index (χ4n) is 2.76. The summed E-state index contributed by atoms with van der Waals surface area (Å²) < 4.78 is 6.95. The van der Waals surface area contributed by atoms with Gasteiger partial charge < -0.3 is 14.6 Å². The molecule has 0 saturated heterocycles. The fourth-order valence-corrected chi connectivity index (χ4v) is 2.76. The third kappa shape index (κ3) is 2.86. The van der Waals surface area contributed by atoms with E-state index >= 15 is 0 Å². The largest absolute Gasteiger partial charge is 0.383 e. The second-order valence-corrected chi connectivity index (χ2v) is 5.46. The molecule has 6 nitrogen and oxygen atoms in total. The molecule has 1 amide bonds. The van der Waals surface area contributed by atoms with Gasteiger partial charge in [0.2, 0.25) is 5.91 Å². The van der Waals surface area contributed by atoms with Gasteiger partial charge in [0.05, 0.1) is 24.3 Å². The summed E-state index contributed by atoms with van der Waals surface area (Å²) in [5.74, 6) is 0.0281. The molecule has 1 aromatic heterocycles. The van der Waals surface area contributed by atoms with E-state index in [9.17, 15) is 4.79 Å².